The van der Waals surface area contributed by atoms with Crippen LogP contribution in [-0.4, -0.2) is 12.6 Å². The third kappa shape index (κ3) is 3.75. The van der Waals surface area contributed by atoms with E-state index in [4.69, 9.17) is 0 Å². The molecular formula is C16H23F2N. The van der Waals surface area contributed by atoms with Gasteiger partial charge in [0.2, 0.25) is 0 Å². The number of halogens is 2. The molecule has 0 aromatic heterocycles. The predicted molar refractivity (Wildman–Crippen MR) is 74.1 cm³/mol. The smallest absolute Gasteiger partial charge is 0.129 e. The van der Waals surface area contributed by atoms with Crippen molar-refractivity contribution in [1.29, 1.82) is 0 Å². The summed E-state index contributed by atoms with van der Waals surface area (Å²) in [4.78, 5) is 0. The van der Waals surface area contributed by atoms with Crippen LogP contribution < -0.4 is 5.32 Å². The Kier molecular flexibility index (Phi) is 5.32. The first-order valence-corrected chi connectivity index (χ1v) is 7.38. The van der Waals surface area contributed by atoms with Crippen molar-refractivity contribution >= 4 is 0 Å². The van der Waals surface area contributed by atoms with E-state index in [1.165, 1.54) is 50.3 Å². The summed E-state index contributed by atoms with van der Waals surface area (Å²) in [6, 6.07) is 4.32. The molecule has 19 heavy (non-hydrogen) atoms. The molecule has 0 heterocycles. The standard InChI is InChI=1S/C16H23F2N/c1-2-19-16(12-7-4-3-5-8-12)11-13-14(17)9-6-10-15(13)18/h6,9-10,12,16,19H,2-5,7-8,11H2,1H3. The van der Waals surface area contributed by atoms with Gasteiger partial charge in [0.1, 0.15) is 11.6 Å². The van der Waals surface area contributed by atoms with Gasteiger partial charge in [0.25, 0.3) is 0 Å². The summed E-state index contributed by atoms with van der Waals surface area (Å²) in [7, 11) is 0. The van der Waals surface area contributed by atoms with Crippen molar-refractivity contribution in [1.82, 2.24) is 5.32 Å². The van der Waals surface area contributed by atoms with E-state index >= 15 is 0 Å². The van der Waals surface area contributed by atoms with Crippen molar-refractivity contribution < 1.29 is 8.78 Å². The van der Waals surface area contributed by atoms with Gasteiger partial charge in [-0.1, -0.05) is 32.3 Å². The minimum absolute atomic E-state index is 0.191. The first-order chi connectivity index (χ1) is 9.22. The number of nitrogens with one attached hydrogen (secondary N) is 1. The second kappa shape index (κ2) is 6.99. The quantitative estimate of drug-likeness (QED) is 0.848. The van der Waals surface area contributed by atoms with Crippen LogP contribution in [0.25, 0.3) is 0 Å². The second-order valence-electron chi connectivity index (χ2n) is 5.47. The number of rotatable bonds is 5. The molecule has 0 radical (unpaired) electrons. The molecule has 106 valence electrons. The fourth-order valence-electron chi connectivity index (χ4n) is 3.15. The van der Waals surface area contributed by atoms with Gasteiger partial charge >= 0.3 is 0 Å². The Labute approximate surface area is 114 Å². The molecule has 1 N–H and O–H groups in total. The molecule has 0 spiro atoms. The summed E-state index contributed by atoms with van der Waals surface area (Å²) in [6.07, 6.45) is 6.58. The molecular weight excluding hydrogens is 244 g/mol. The van der Waals surface area contributed by atoms with E-state index in [0.29, 0.717) is 12.3 Å². The second-order valence-corrected chi connectivity index (χ2v) is 5.47. The van der Waals surface area contributed by atoms with E-state index in [1.54, 1.807) is 0 Å². The van der Waals surface area contributed by atoms with E-state index < -0.39 is 11.6 Å². The normalized spacial score (nSPS) is 18.5. The molecule has 1 saturated carbocycles. The minimum atomic E-state index is -0.418. The van der Waals surface area contributed by atoms with Gasteiger partial charge in [0.15, 0.2) is 0 Å². The maximum Gasteiger partial charge on any atom is 0.129 e. The molecule has 0 aliphatic heterocycles. The molecule has 2 rings (SSSR count). The lowest BCUT2D eigenvalue weighted by atomic mass is 9.81. The van der Waals surface area contributed by atoms with E-state index in [9.17, 15) is 8.78 Å². The van der Waals surface area contributed by atoms with Crippen LogP contribution in [0.5, 0.6) is 0 Å². The van der Waals surface area contributed by atoms with Crippen molar-refractivity contribution in [2.75, 3.05) is 6.54 Å². The Morgan fingerprint density at radius 3 is 2.37 bits per heavy atom. The monoisotopic (exact) mass is 267 g/mol. The number of hydrogen-bond acceptors (Lipinski definition) is 1. The van der Waals surface area contributed by atoms with Crippen molar-refractivity contribution in [3.05, 3.63) is 35.4 Å². The van der Waals surface area contributed by atoms with E-state index in [2.05, 4.69) is 5.32 Å². The Bertz CT molecular complexity index is 379. The minimum Gasteiger partial charge on any atom is -0.314 e. The molecule has 1 fully saturated rings. The van der Waals surface area contributed by atoms with E-state index in [-0.39, 0.29) is 11.6 Å². The Balaban J connectivity index is 2.11. The Morgan fingerprint density at radius 1 is 1.16 bits per heavy atom. The van der Waals surface area contributed by atoms with Crippen LogP contribution in [-0.2, 0) is 6.42 Å². The van der Waals surface area contributed by atoms with Crippen LogP contribution in [0.4, 0.5) is 8.78 Å². The van der Waals surface area contributed by atoms with Gasteiger partial charge < -0.3 is 5.32 Å². The first-order valence-electron chi connectivity index (χ1n) is 7.38. The SMILES string of the molecule is CCNC(Cc1c(F)cccc1F)C1CCCCC1. The highest BCUT2D eigenvalue weighted by Crippen LogP contribution is 2.29. The van der Waals surface area contributed by atoms with E-state index in [1.807, 2.05) is 6.92 Å². The van der Waals surface area contributed by atoms with Gasteiger partial charge in [-0.05, 0) is 43.9 Å². The van der Waals surface area contributed by atoms with Crippen molar-refractivity contribution in [3.63, 3.8) is 0 Å². The lowest BCUT2D eigenvalue weighted by Crippen LogP contribution is -2.39. The molecule has 1 aromatic rings. The summed E-state index contributed by atoms with van der Waals surface area (Å²) in [5.74, 6) is -0.287. The predicted octanol–water partition coefficient (Wildman–Crippen LogP) is 4.07. The average Bonchev–Trinajstić information content (AvgIpc) is 2.43. The molecule has 0 bridgehead atoms. The van der Waals surface area contributed by atoms with Crippen LogP contribution in [0.2, 0.25) is 0 Å². The molecule has 1 atom stereocenters. The van der Waals surface area contributed by atoms with Crippen LogP contribution in [0, 0.1) is 17.6 Å². The summed E-state index contributed by atoms with van der Waals surface area (Å²) >= 11 is 0. The number of benzene rings is 1. The third-order valence-corrected chi connectivity index (χ3v) is 4.17. The van der Waals surface area contributed by atoms with Crippen LogP contribution in [0.3, 0.4) is 0 Å². The number of likely N-dealkylation sites (N-methyl/N-ethyl adjacent to an activating group) is 1. The summed E-state index contributed by atoms with van der Waals surface area (Å²) in [5, 5.41) is 3.42. The van der Waals surface area contributed by atoms with Crippen LogP contribution in [0.15, 0.2) is 18.2 Å². The topological polar surface area (TPSA) is 12.0 Å². The van der Waals surface area contributed by atoms with Crippen LogP contribution >= 0.6 is 0 Å². The maximum atomic E-state index is 13.8. The summed E-state index contributed by atoms with van der Waals surface area (Å²) in [5.41, 5.74) is 0.235. The summed E-state index contributed by atoms with van der Waals surface area (Å²) < 4.78 is 27.5. The average molecular weight is 267 g/mol. The van der Waals surface area contributed by atoms with Crippen LogP contribution in [0.1, 0.15) is 44.6 Å². The highest BCUT2D eigenvalue weighted by atomic mass is 19.1. The highest BCUT2D eigenvalue weighted by molar-refractivity contribution is 5.21. The van der Waals surface area contributed by atoms with Gasteiger partial charge in [-0.25, -0.2) is 8.78 Å². The van der Waals surface area contributed by atoms with Crippen molar-refractivity contribution in [2.24, 2.45) is 5.92 Å². The molecule has 1 aliphatic rings. The van der Waals surface area contributed by atoms with Gasteiger partial charge in [0.05, 0.1) is 0 Å². The zero-order valence-corrected chi connectivity index (χ0v) is 11.6. The maximum absolute atomic E-state index is 13.8. The lowest BCUT2D eigenvalue weighted by Gasteiger charge is -2.31. The number of hydrogen-bond donors (Lipinski definition) is 1. The zero-order chi connectivity index (χ0) is 13.7. The molecule has 1 unspecified atom stereocenters. The molecule has 1 aliphatic carbocycles. The molecule has 1 aromatic carbocycles. The molecule has 3 heteroatoms. The first kappa shape index (κ1) is 14.4. The Morgan fingerprint density at radius 2 is 1.79 bits per heavy atom. The summed E-state index contributed by atoms with van der Waals surface area (Å²) in [6.45, 7) is 2.89. The Hall–Kier alpha value is -0.960. The van der Waals surface area contributed by atoms with E-state index in [0.717, 1.165) is 6.54 Å². The fourth-order valence-corrected chi connectivity index (χ4v) is 3.15. The van der Waals surface area contributed by atoms with Gasteiger partial charge in [-0.2, -0.15) is 0 Å². The van der Waals surface area contributed by atoms with Gasteiger partial charge in [0, 0.05) is 11.6 Å². The fraction of sp³-hybridized carbons (Fsp3) is 0.625. The van der Waals surface area contributed by atoms with Gasteiger partial charge in [-0.3, -0.25) is 0 Å². The molecule has 1 nitrogen and oxygen atoms in total. The highest BCUT2D eigenvalue weighted by Gasteiger charge is 2.25. The molecule has 0 amide bonds. The van der Waals surface area contributed by atoms with Gasteiger partial charge in [-0.15, -0.1) is 0 Å². The largest absolute Gasteiger partial charge is 0.314 e. The third-order valence-electron chi connectivity index (χ3n) is 4.17. The van der Waals surface area contributed by atoms with Crippen molar-refractivity contribution in [3.8, 4) is 0 Å². The molecule has 0 saturated heterocycles. The van der Waals surface area contributed by atoms with Crippen molar-refractivity contribution in [2.45, 2.75) is 51.5 Å². The zero-order valence-electron chi connectivity index (χ0n) is 11.6. The lowest BCUT2D eigenvalue weighted by molar-refractivity contribution is 0.266.